The molecule has 2 heterocycles. The van der Waals surface area contributed by atoms with E-state index >= 15 is 0 Å². The highest BCUT2D eigenvalue weighted by atomic mass is 32.2. The Morgan fingerprint density at radius 1 is 1.34 bits per heavy atom. The van der Waals surface area contributed by atoms with Gasteiger partial charge in [0.2, 0.25) is 5.91 Å². The molecular formula is C20H24N4O4S. The number of amides is 1. The van der Waals surface area contributed by atoms with Crippen LogP contribution in [-0.4, -0.2) is 25.8 Å². The van der Waals surface area contributed by atoms with Crippen LogP contribution in [-0.2, 0) is 23.5 Å². The topological polar surface area (TPSA) is 124 Å². The van der Waals surface area contributed by atoms with Crippen molar-refractivity contribution >= 4 is 28.6 Å². The van der Waals surface area contributed by atoms with Crippen LogP contribution in [0, 0.1) is 12.8 Å². The number of carbonyl (C=O) groups is 1. The smallest absolute Gasteiger partial charge is 0.336 e. The van der Waals surface area contributed by atoms with Crippen molar-refractivity contribution in [1.29, 1.82) is 0 Å². The van der Waals surface area contributed by atoms with Crippen LogP contribution >= 0.6 is 11.8 Å². The molecule has 0 spiro atoms. The lowest BCUT2D eigenvalue weighted by Gasteiger charge is -2.12. The van der Waals surface area contributed by atoms with Gasteiger partial charge in [0, 0.05) is 42.2 Å². The number of phenolic OH excluding ortho intramolecular Hbond substituents is 1. The third kappa shape index (κ3) is 4.79. The summed E-state index contributed by atoms with van der Waals surface area (Å²) >= 11 is 1.46. The standard InChI is InChI=1S/C20H24N4O4S/c1-11(2)9-24-17(7-6-16(21)26)22-23-20(24)29-10-13-8-18(27)28-19-12(3)15(25)5-4-14(13)19/h4-5,8,11,25H,6-7,9-10H2,1-3H3,(H2,21,26). The van der Waals surface area contributed by atoms with E-state index in [0.717, 1.165) is 21.9 Å². The SMILES string of the molecule is Cc1c(O)ccc2c(CSc3nnc(CCC(N)=O)n3CC(C)C)cc(=O)oc12. The van der Waals surface area contributed by atoms with Crippen molar-refractivity contribution < 1.29 is 14.3 Å². The van der Waals surface area contributed by atoms with Gasteiger partial charge in [0.15, 0.2) is 5.16 Å². The van der Waals surface area contributed by atoms with Crippen molar-refractivity contribution in [2.45, 2.75) is 51.1 Å². The number of aromatic hydroxyl groups is 1. The van der Waals surface area contributed by atoms with Crippen LogP contribution in [0.4, 0.5) is 0 Å². The van der Waals surface area contributed by atoms with Crippen LogP contribution in [0.3, 0.4) is 0 Å². The van der Waals surface area contributed by atoms with E-state index < -0.39 is 5.63 Å². The van der Waals surface area contributed by atoms with E-state index in [1.54, 1.807) is 19.1 Å². The monoisotopic (exact) mass is 416 g/mol. The molecule has 0 unspecified atom stereocenters. The van der Waals surface area contributed by atoms with E-state index in [9.17, 15) is 14.7 Å². The Kier molecular flexibility index (Phi) is 6.26. The second-order valence-corrected chi connectivity index (χ2v) is 8.28. The molecule has 29 heavy (non-hydrogen) atoms. The third-order valence-corrected chi connectivity index (χ3v) is 5.53. The summed E-state index contributed by atoms with van der Waals surface area (Å²) in [7, 11) is 0. The van der Waals surface area contributed by atoms with Crippen molar-refractivity contribution in [3.05, 3.63) is 45.6 Å². The molecule has 0 aliphatic heterocycles. The number of primary amides is 1. The first-order valence-corrected chi connectivity index (χ1v) is 10.3. The van der Waals surface area contributed by atoms with Gasteiger partial charge in [-0.05, 0) is 30.5 Å². The Morgan fingerprint density at radius 2 is 2.10 bits per heavy atom. The van der Waals surface area contributed by atoms with Crippen LogP contribution in [0.15, 0.2) is 32.6 Å². The van der Waals surface area contributed by atoms with Crippen molar-refractivity contribution in [3.63, 3.8) is 0 Å². The van der Waals surface area contributed by atoms with Crippen LogP contribution in [0.1, 0.15) is 37.2 Å². The zero-order valence-corrected chi connectivity index (χ0v) is 17.5. The summed E-state index contributed by atoms with van der Waals surface area (Å²) in [6.45, 7) is 6.62. The van der Waals surface area contributed by atoms with Crippen LogP contribution in [0.2, 0.25) is 0 Å². The number of hydrogen-bond acceptors (Lipinski definition) is 7. The summed E-state index contributed by atoms with van der Waals surface area (Å²) in [5, 5.41) is 19.9. The highest BCUT2D eigenvalue weighted by Crippen LogP contribution is 2.31. The quantitative estimate of drug-likeness (QED) is 0.427. The number of nitrogens with two attached hydrogens (primary N) is 1. The van der Waals surface area contributed by atoms with Crippen molar-refractivity contribution in [1.82, 2.24) is 14.8 Å². The van der Waals surface area contributed by atoms with Gasteiger partial charge in [-0.15, -0.1) is 10.2 Å². The Hall–Kier alpha value is -2.81. The minimum Gasteiger partial charge on any atom is -0.508 e. The van der Waals surface area contributed by atoms with Gasteiger partial charge in [0.25, 0.3) is 0 Å². The normalized spacial score (nSPS) is 11.4. The van der Waals surface area contributed by atoms with E-state index in [0.29, 0.717) is 35.8 Å². The van der Waals surface area contributed by atoms with Gasteiger partial charge in [-0.3, -0.25) is 4.79 Å². The average molecular weight is 417 g/mol. The molecule has 0 saturated carbocycles. The maximum atomic E-state index is 12.0. The van der Waals surface area contributed by atoms with Gasteiger partial charge in [0.1, 0.15) is 17.2 Å². The molecule has 0 fully saturated rings. The number of thioether (sulfide) groups is 1. The van der Waals surface area contributed by atoms with E-state index in [-0.39, 0.29) is 18.1 Å². The molecule has 3 rings (SSSR count). The summed E-state index contributed by atoms with van der Waals surface area (Å²) in [6.07, 6.45) is 0.653. The van der Waals surface area contributed by atoms with Gasteiger partial charge in [0.05, 0.1) is 0 Å². The first-order chi connectivity index (χ1) is 13.8. The number of fused-ring (bicyclic) bond motifs is 1. The highest BCUT2D eigenvalue weighted by Gasteiger charge is 2.16. The molecule has 1 aromatic carbocycles. The number of benzene rings is 1. The molecule has 3 aromatic rings. The number of nitrogens with zero attached hydrogens (tertiary/aromatic N) is 3. The number of aromatic nitrogens is 3. The molecule has 1 amide bonds. The Morgan fingerprint density at radius 3 is 2.79 bits per heavy atom. The van der Waals surface area contributed by atoms with Crippen LogP contribution in [0.5, 0.6) is 5.75 Å². The third-order valence-electron chi connectivity index (χ3n) is 4.51. The average Bonchev–Trinajstić information content (AvgIpc) is 3.02. The van der Waals surface area contributed by atoms with Gasteiger partial charge in [-0.2, -0.15) is 0 Å². The molecule has 3 N–H and O–H groups in total. The fourth-order valence-electron chi connectivity index (χ4n) is 3.07. The molecule has 154 valence electrons. The summed E-state index contributed by atoms with van der Waals surface area (Å²) in [4.78, 5) is 23.1. The lowest BCUT2D eigenvalue weighted by Crippen LogP contribution is -2.15. The number of rotatable bonds is 8. The van der Waals surface area contributed by atoms with Crippen LogP contribution in [0.25, 0.3) is 11.0 Å². The number of hydrogen-bond donors (Lipinski definition) is 2. The Labute approximate surface area is 172 Å². The fourth-order valence-corrected chi connectivity index (χ4v) is 4.03. The molecule has 2 aromatic heterocycles. The second-order valence-electron chi connectivity index (χ2n) is 7.34. The molecule has 0 aliphatic rings. The second kappa shape index (κ2) is 8.69. The van der Waals surface area contributed by atoms with Crippen molar-refractivity contribution in [2.24, 2.45) is 11.7 Å². The minimum absolute atomic E-state index is 0.0845. The summed E-state index contributed by atoms with van der Waals surface area (Å²) in [6, 6.07) is 4.80. The molecule has 0 radical (unpaired) electrons. The van der Waals surface area contributed by atoms with Crippen molar-refractivity contribution in [2.75, 3.05) is 0 Å². The maximum absolute atomic E-state index is 12.0. The minimum atomic E-state index is -0.465. The Bertz CT molecular complexity index is 1100. The van der Waals surface area contributed by atoms with E-state index in [2.05, 4.69) is 24.0 Å². The molecule has 0 aliphatic carbocycles. The van der Waals surface area contributed by atoms with Gasteiger partial charge < -0.3 is 19.8 Å². The predicted octanol–water partition coefficient (Wildman–Crippen LogP) is 2.76. The Balaban J connectivity index is 1.91. The highest BCUT2D eigenvalue weighted by molar-refractivity contribution is 7.98. The predicted molar refractivity (Wildman–Crippen MR) is 111 cm³/mol. The largest absolute Gasteiger partial charge is 0.508 e. The number of phenols is 1. The first-order valence-electron chi connectivity index (χ1n) is 9.34. The summed E-state index contributed by atoms with van der Waals surface area (Å²) in [5.74, 6) is 1.28. The lowest BCUT2D eigenvalue weighted by atomic mass is 10.1. The molecule has 0 saturated heterocycles. The van der Waals surface area contributed by atoms with Crippen LogP contribution < -0.4 is 11.4 Å². The van der Waals surface area contributed by atoms with E-state index in [1.165, 1.54) is 17.8 Å². The zero-order chi connectivity index (χ0) is 21.1. The molecule has 0 atom stereocenters. The van der Waals surface area contributed by atoms with Crippen molar-refractivity contribution in [3.8, 4) is 5.75 Å². The zero-order valence-electron chi connectivity index (χ0n) is 16.6. The number of aryl methyl sites for hydroxylation is 2. The van der Waals surface area contributed by atoms with Gasteiger partial charge >= 0.3 is 5.63 Å². The molecular weight excluding hydrogens is 392 g/mol. The number of carbonyl (C=O) groups excluding carboxylic acids is 1. The summed E-state index contributed by atoms with van der Waals surface area (Å²) < 4.78 is 7.30. The molecule has 9 heteroatoms. The first kappa shape index (κ1) is 20.9. The van der Waals surface area contributed by atoms with E-state index in [4.69, 9.17) is 10.2 Å². The molecule has 8 nitrogen and oxygen atoms in total. The lowest BCUT2D eigenvalue weighted by molar-refractivity contribution is -0.118. The fraction of sp³-hybridized carbons (Fsp3) is 0.400. The van der Waals surface area contributed by atoms with Gasteiger partial charge in [-0.25, -0.2) is 4.79 Å². The molecule has 0 bridgehead atoms. The van der Waals surface area contributed by atoms with E-state index in [1.807, 2.05) is 4.57 Å². The maximum Gasteiger partial charge on any atom is 0.336 e. The van der Waals surface area contributed by atoms with Gasteiger partial charge in [-0.1, -0.05) is 25.6 Å². The summed E-state index contributed by atoms with van der Waals surface area (Å²) in [5.41, 5.74) is 6.51.